The van der Waals surface area contributed by atoms with E-state index in [9.17, 15) is 0 Å². The lowest BCUT2D eigenvalue weighted by molar-refractivity contribution is 0.233. The van der Waals surface area contributed by atoms with Crippen LogP contribution in [0, 0.1) is 0 Å². The normalized spacial score (nSPS) is 10.2. The molecule has 0 heterocycles. The summed E-state index contributed by atoms with van der Waals surface area (Å²) in [6.45, 7) is 1.05. The first kappa shape index (κ1) is 11.3. The van der Waals surface area contributed by atoms with Crippen LogP contribution in [0.1, 0.15) is 12.0 Å². The molecule has 1 rings (SSSR count). The smallest absolute Gasteiger partial charge is 0.120 e. The lowest BCUT2D eigenvalue weighted by Crippen LogP contribution is -2.01. The van der Waals surface area contributed by atoms with Gasteiger partial charge in [-0.1, -0.05) is 17.7 Å². The first-order valence-electron chi connectivity index (χ1n) is 4.50. The largest absolute Gasteiger partial charge is 0.493 e. The highest BCUT2D eigenvalue weighted by Crippen LogP contribution is 2.22. The molecular formula is C10H14ClNO2. The highest BCUT2D eigenvalue weighted by molar-refractivity contribution is 6.31. The van der Waals surface area contributed by atoms with Gasteiger partial charge in [0.2, 0.25) is 0 Å². The van der Waals surface area contributed by atoms with Gasteiger partial charge in [0.1, 0.15) is 5.75 Å². The van der Waals surface area contributed by atoms with Crippen molar-refractivity contribution in [3.05, 3.63) is 28.8 Å². The Kier molecular flexibility index (Phi) is 4.73. The van der Waals surface area contributed by atoms with Gasteiger partial charge in [-0.2, -0.15) is 0 Å². The number of halogens is 1. The van der Waals surface area contributed by atoms with Gasteiger partial charge in [0.15, 0.2) is 0 Å². The number of nitrogens with two attached hydrogens (primary N) is 1. The fraction of sp³-hybridized carbons (Fsp3) is 0.400. The molecule has 0 amide bonds. The lowest BCUT2D eigenvalue weighted by atomic mass is 10.2. The third-order valence-corrected chi connectivity index (χ3v) is 2.17. The predicted molar refractivity (Wildman–Crippen MR) is 56.5 cm³/mol. The molecular weight excluding hydrogens is 202 g/mol. The average molecular weight is 216 g/mol. The Hall–Kier alpha value is -0.770. The Morgan fingerprint density at radius 2 is 2.21 bits per heavy atom. The van der Waals surface area contributed by atoms with Crippen molar-refractivity contribution in [2.24, 2.45) is 5.73 Å². The van der Waals surface area contributed by atoms with E-state index in [-0.39, 0.29) is 6.61 Å². The molecule has 0 atom stereocenters. The molecule has 1 aromatic rings. The van der Waals surface area contributed by atoms with Crippen molar-refractivity contribution in [2.75, 3.05) is 13.2 Å². The van der Waals surface area contributed by atoms with E-state index in [0.717, 1.165) is 5.56 Å². The molecule has 0 aliphatic heterocycles. The first-order valence-corrected chi connectivity index (χ1v) is 4.88. The summed E-state index contributed by atoms with van der Waals surface area (Å²) in [5.41, 5.74) is 6.37. The van der Waals surface area contributed by atoms with Gasteiger partial charge in [-0.3, -0.25) is 0 Å². The van der Waals surface area contributed by atoms with Crippen LogP contribution in [0.3, 0.4) is 0 Å². The van der Waals surface area contributed by atoms with Crippen molar-refractivity contribution in [3.63, 3.8) is 0 Å². The zero-order valence-electron chi connectivity index (χ0n) is 7.87. The van der Waals surface area contributed by atoms with Crippen LogP contribution in [0.15, 0.2) is 18.2 Å². The van der Waals surface area contributed by atoms with Crippen molar-refractivity contribution in [1.82, 2.24) is 0 Å². The van der Waals surface area contributed by atoms with Crippen LogP contribution in [0.4, 0.5) is 0 Å². The van der Waals surface area contributed by atoms with Crippen LogP contribution in [-0.4, -0.2) is 18.3 Å². The van der Waals surface area contributed by atoms with Crippen LogP contribution >= 0.6 is 11.6 Å². The molecule has 1 aromatic carbocycles. The standard InChI is InChI=1S/C10H14ClNO2/c11-10-6-9(14-5-1-4-13)3-2-8(10)7-12/h2-3,6,13H,1,4-5,7,12H2. The quantitative estimate of drug-likeness (QED) is 0.733. The van der Waals surface area contributed by atoms with Crippen LogP contribution in [0.25, 0.3) is 0 Å². The van der Waals surface area contributed by atoms with E-state index in [1.165, 1.54) is 0 Å². The van der Waals surface area contributed by atoms with Gasteiger partial charge in [0.25, 0.3) is 0 Å². The average Bonchev–Trinajstić information content (AvgIpc) is 2.18. The molecule has 0 aromatic heterocycles. The molecule has 14 heavy (non-hydrogen) atoms. The van der Waals surface area contributed by atoms with Crippen LogP contribution in [0.2, 0.25) is 5.02 Å². The molecule has 0 radical (unpaired) electrons. The van der Waals surface area contributed by atoms with Crippen LogP contribution in [0.5, 0.6) is 5.75 Å². The summed E-state index contributed by atoms with van der Waals surface area (Å²) in [4.78, 5) is 0. The number of rotatable bonds is 5. The van der Waals surface area contributed by atoms with Crippen molar-refractivity contribution in [1.29, 1.82) is 0 Å². The topological polar surface area (TPSA) is 55.5 Å². The van der Waals surface area contributed by atoms with Crippen molar-refractivity contribution in [2.45, 2.75) is 13.0 Å². The van der Waals surface area contributed by atoms with E-state index in [1.807, 2.05) is 12.1 Å². The Labute approximate surface area is 88.4 Å². The molecule has 0 saturated heterocycles. The van der Waals surface area contributed by atoms with Crippen molar-refractivity contribution in [3.8, 4) is 5.75 Å². The maximum atomic E-state index is 8.56. The Morgan fingerprint density at radius 1 is 1.43 bits per heavy atom. The molecule has 0 bridgehead atoms. The summed E-state index contributed by atoms with van der Waals surface area (Å²) in [5, 5.41) is 9.18. The number of ether oxygens (including phenoxy) is 1. The highest BCUT2D eigenvalue weighted by atomic mass is 35.5. The number of aliphatic hydroxyl groups excluding tert-OH is 1. The van der Waals surface area contributed by atoms with Gasteiger partial charge in [-0.25, -0.2) is 0 Å². The van der Waals surface area contributed by atoms with Gasteiger partial charge in [-0.15, -0.1) is 0 Å². The molecule has 4 heteroatoms. The molecule has 0 aliphatic carbocycles. The summed E-state index contributed by atoms with van der Waals surface area (Å²) in [6, 6.07) is 5.41. The number of hydrogen-bond acceptors (Lipinski definition) is 3. The Bertz CT molecular complexity index is 291. The van der Waals surface area contributed by atoms with Crippen LogP contribution in [-0.2, 0) is 6.54 Å². The number of aliphatic hydroxyl groups is 1. The van der Waals surface area contributed by atoms with E-state index < -0.39 is 0 Å². The molecule has 3 N–H and O–H groups in total. The Morgan fingerprint density at radius 3 is 2.79 bits per heavy atom. The van der Waals surface area contributed by atoms with Gasteiger partial charge in [0, 0.05) is 24.6 Å². The SMILES string of the molecule is NCc1ccc(OCCCO)cc1Cl. The second-order valence-electron chi connectivity index (χ2n) is 2.88. The Balaban J connectivity index is 2.57. The molecule has 0 unspecified atom stereocenters. The van der Waals surface area contributed by atoms with Crippen molar-refractivity contribution >= 4 is 11.6 Å². The van der Waals surface area contributed by atoms with E-state index in [4.69, 9.17) is 27.2 Å². The fourth-order valence-corrected chi connectivity index (χ4v) is 1.29. The van der Waals surface area contributed by atoms with E-state index in [1.54, 1.807) is 6.07 Å². The van der Waals surface area contributed by atoms with Crippen molar-refractivity contribution < 1.29 is 9.84 Å². The molecule has 0 aliphatic rings. The third kappa shape index (κ3) is 3.18. The minimum atomic E-state index is 0.134. The second-order valence-corrected chi connectivity index (χ2v) is 3.29. The molecule has 0 spiro atoms. The number of hydrogen-bond donors (Lipinski definition) is 2. The maximum Gasteiger partial charge on any atom is 0.120 e. The fourth-order valence-electron chi connectivity index (χ4n) is 1.04. The summed E-state index contributed by atoms with van der Waals surface area (Å²) in [6.07, 6.45) is 0.621. The summed E-state index contributed by atoms with van der Waals surface area (Å²) in [7, 11) is 0. The predicted octanol–water partition coefficient (Wildman–Crippen LogP) is 1.56. The molecule has 0 fully saturated rings. The van der Waals surface area contributed by atoms with Gasteiger partial charge in [-0.05, 0) is 17.7 Å². The highest BCUT2D eigenvalue weighted by Gasteiger charge is 2.00. The second kappa shape index (κ2) is 5.86. The van der Waals surface area contributed by atoms with Gasteiger partial charge in [0.05, 0.1) is 6.61 Å². The zero-order valence-corrected chi connectivity index (χ0v) is 8.63. The number of benzene rings is 1. The van der Waals surface area contributed by atoms with E-state index >= 15 is 0 Å². The summed E-state index contributed by atoms with van der Waals surface area (Å²) < 4.78 is 5.34. The third-order valence-electron chi connectivity index (χ3n) is 1.82. The molecule has 0 saturated carbocycles. The minimum Gasteiger partial charge on any atom is -0.493 e. The molecule has 78 valence electrons. The minimum absolute atomic E-state index is 0.134. The lowest BCUT2D eigenvalue weighted by Gasteiger charge is -2.07. The van der Waals surface area contributed by atoms with Gasteiger partial charge >= 0.3 is 0 Å². The molecule has 3 nitrogen and oxygen atoms in total. The van der Waals surface area contributed by atoms with Gasteiger partial charge < -0.3 is 15.6 Å². The van der Waals surface area contributed by atoms with Crippen LogP contribution < -0.4 is 10.5 Å². The van der Waals surface area contributed by atoms with E-state index in [0.29, 0.717) is 30.3 Å². The summed E-state index contributed by atoms with van der Waals surface area (Å²) in [5.74, 6) is 0.709. The maximum absolute atomic E-state index is 8.56. The first-order chi connectivity index (χ1) is 6.77. The monoisotopic (exact) mass is 215 g/mol. The van der Waals surface area contributed by atoms with E-state index in [2.05, 4.69) is 0 Å². The zero-order chi connectivity index (χ0) is 10.4. The summed E-state index contributed by atoms with van der Waals surface area (Å²) >= 11 is 5.93.